The zero-order valence-electron chi connectivity index (χ0n) is 11.9. The van der Waals surface area contributed by atoms with E-state index in [1.54, 1.807) is 11.8 Å². The molecule has 1 unspecified atom stereocenters. The molecule has 1 aliphatic heterocycles. The van der Waals surface area contributed by atoms with Gasteiger partial charge in [-0.1, -0.05) is 6.92 Å². The SMILES string of the molecule is CC(CCCNC(=O)N1CCOCC1(C)C)C(=O)O. The number of rotatable bonds is 5. The van der Waals surface area contributed by atoms with Gasteiger partial charge in [0.15, 0.2) is 0 Å². The molecule has 1 rings (SSSR count). The average molecular weight is 272 g/mol. The quantitative estimate of drug-likeness (QED) is 0.740. The third kappa shape index (κ3) is 4.70. The molecule has 0 aromatic rings. The van der Waals surface area contributed by atoms with Crippen LogP contribution in [0.2, 0.25) is 0 Å². The number of carbonyl (C=O) groups is 2. The van der Waals surface area contributed by atoms with Gasteiger partial charge >= 0.3 is 12.0 Å². The molecule has 1 heterocycles. The van der Waals surface area contributed by atoms with Crippen molar-refractivity contribution in [2.45, 2.75) is 39.2 Å². The lowest BCUT2D eigenvalue weighted by molar-refractivity contribution is -0.141. The van der Waals surface area contributed by atoms with Crippen molar-refractivity contribution in [3.63, 3.8) is 0 Å². The number of urea groups is 1. The average Bonchev–Trinajstić information content (AvgIpc) is 2.33. The Bertz CT molecular complexity index is 331. The smallest absolute Gasteiger partial charge is 0.318 e. The molecule has 110 valence electrons. The van der Waals surface area contributed by atoms with E-state index in [1.807, 2.05) is 13.8 Å². The minimum Gasteiger partial charge on any atom is -0.481 e. The molecule has 0 aromatic heterocycles. The van der Waals surface area contributed by atoms with Gasteiger partial charge in [0.25, 0.3) is 0 Å². The molecular weight excluding hydrogens is 248 g/mol. The molecule has 0 spiro atoms. The Morgan fingerprint density at radius 3 is 2.74 bits per heavy atom. The van der Waals surface area contributed by atoms with Crippen molar-refractivity contribution in [1.29, 1.82) is 0 Å². The van der Waals surface area contributed by atoms with Crippen molar-refractivity contribution >= 4 is 12.0 Å². The van der Waals surface area contributed by atoms with Crippen LogP contribution in [0.3, 0.4) is 0 Å². The van der Waals surface area contributed by atoms with Crippen LogP contribution in [0.4, 0.5) is 4.79 Å². The van der Waals surface area contributed by atoms with Gasteiger partial charge in [-0.05, 0) is 26.7 Å². The van der Waals surface area contributed by atoms with E-state index in [2.05, 4.69) is 5.32 Å². The number of hydrogen-bond acceptors (Lipinski definition) is 3. The van der Waals surface area contributed by atoms with E-state index in [1.165, 1.54) is 0 Å². The van der Waals surface area contributed by atoms with Crippen LogP contribution >= 0.6 is 0 Å². The molecule has 1 aliphatic rings. The second kappa shape index (κ2) is 6.75. The van der Waals surface area contributed by atoms with Gasteiger partial charge in [0.2, 0.25) is 0 Å². The molecule has 1 atom stereocenters. The lowest BCUT2D eigenvalue weighted by Gasteiger charge is -2.41. The van der Waals surface area contributed by atoms with Crippen LogP contribution < -0.4 is 5.32 Å². The molecule has 2 N–H and O–H groups in total. The summed E-state index contributed by atoms with van der Waals surface area (Å²) >= 11 is 0. The Labute approximate surface area is 114 Å². The lowest BCUT2D eigenvalue weighted by Crippen LogP contribution is -2.58. The zero-order valence-corrected chi connectivity index (χ0v) is 11.9. The van der Waals surface area contributed by atoms with Crippen LogP contribution in [-0.2, 0) is 9.53 Å². The van der Waals surface area contributed by atoms with Crippen LogP contribution in [0.25, 0.3) is 0 Å². The third-order valence-corrected chi connectivity index (χ3v) is 3.40. The minimum absolute atomic E-state index is 0.101. The van der Waals surface area contributed by atoms with E-state index >= 15 is 0 Å². The first-order valence-corrected chi connectivity index (χ1v) is 6.70. The highest BCUT2D eigenvalue weighted by atomic mass is 16.5. The Balaban J connectivity index is 2.29. The Kier molecular flexibility index (Phi) is 5.60. The van der Waals surface area contributed by atoms with E-state index in [0.29, 0.717) is 39.1 Å². The van der Waals surface area contributed by atoms with Crippen molar-refractivity contribution in [2.75, 3.05) is 26.3 Å². The Morgan fingerprint density at radius 1 is 1.47 bits per heavy atom. The molecule has 1 saturated heterocycles. The topological polar surface area (TPSA) is 78.9 Å². The van der Waals surface area contributed by atoms with Gasteiger partial charge in [0.05, 0.1) is 24.7 Å². The summed E-state index contributed by atoms with van der Waals surface area (Å²) in [5.74, 6) is -1.16. The molecule has 6 nitrogen and oxygen atoms in total. The van der Waals surface area contributed by atoms with Gasteiger partial charge in [-0.2, -0.15) is 0 Å². The maximum absolute atomic E-state index is 12.0. The summed E-state index contributed by atoms with van der Waals surface area (Å²) in [4.78, 5) is 24.5. The number of hydrogen-bond donors (Lipinski definition) is 2. The highest BCUT2D eigenvalue weighted by molar-refractivity contribution is 5.75. The highest BCUT2D eigenvalue weighted by Crippen LogP contribution is 2.18. The lowest BCUT2D eigenvalue weighted by atomic mass is 10.0. The van der Waals surface area contributed by atoms with Crippen LogP contribution in [0, 0.1) is 5.92 Å². The van der Waals surface area contributed by atoms with Gasteiger partial charge in [-0.15, -0.1) is 0 Å². The molecule has 0 radical (unpaired) electrons. The molecule has 6 heteroatoms. The molecule has 0 bridgehead atoms. The van der Waals surface area contributed by atoms with E-state index in [0.717, 1.165) is 0 Å². The summed E-state index contributed by atoms with van der Waals surface area (Å²) in [7, 11) is 0. The summed E-state index contributed by atoms with van der Waals surface area (Å²) in [6.07, 6.45) is 1.24. The number of morpholine rings is 1. The summed E-state index contributed by atoms with van der Waals surface area (Å²) in [5, 5.41) is 11.6. The van der Waals surface area contributed by atoms with Crippen molar-refractivity contribution in [3.05, 3.63) is 0 Å². The monoisotopic (exact) mass is 272 g/mol. The maximum atomic E-state index is 12.0. The van der Waals surface area contributed by atoms with Crippen molar-refractivity contribution in [3.8, 4) is 0 Å². The molecule has 0 aliphatic carbocycles. The summed E-state index contributed by atoms with van der Waals surface area (Å²) in [5.41, 5.74) is -0.295. The van der Waals surface area contributed by atoms with E-state index in [4.69, 9.17) is 9.84 Å². The predicted octanol–water partition coefficient (Wildman–Crippen LogP) is 1.31. The van der Waals surface area contributed by atoms with Crippen LogP contribution in [0.15, 0.2) is 0 Å². The number of amides is 2. The van der Waals surface area contributed by atoms with Gasteiger partial charge in [-0.3, -0.25) is 4.79 Å². The van der Waals surface area contributed by atoms with Crippen LogP contribution in [0.5, 0.6) is 0 Å². The van der Waals surface area contributed by atoms with Crippen molar-refractivity contribution in [1.82, 2.24) is 10.2 Å². The summed E-state index contributed by atoms with van der Waals surface area (Å²) < 4.78 is 5.36. The molecular formula is C13H24N2O4. The fraction of sp³-hybridized carbons (Fsp3) is 0.846. The van der Waals surface area contributed by atoms with Crippen LogP contribution in [-0.4, -0.2) is 53.8 Å². The van der Waals surface area contributed by atoms with E-state index < -0.39 is 5.97 Å². The first-order chi connectivity index (χ1) is 8.84. The van der Waals surface area contributed by atoms with E-state index in [-0.39, 0.29) is 17.5 Å². The second-order valence-electron chi connectivity index (χ2n) is 5.63. The van der Waals surface area contributed by atoms with Gasteiger partial charge in [0, 0.05) is 13.1 Å². The number of nitrogens with one attached hydrogen (secondary N) is 1. The number of carboxylic acid groups (broad SMARTS) is 1. The number of ether oxygens (including phenoxy) is 1. The number of aliphatic carboxylic acids is 1. The first kappa shape index (κ1) is 15.8. The van der Waals surface area contributed by atoms with Crippen LogP contribution in [0.1, 0.15) is 33.6 Å². The van der Waals surface area contributed by atoms with Gasteiger partial charge in [-0.25, -0.2) is 4.79 Å². The highest BCUT2D eigenvalue weighted by Gasteiger charge is 2.33. The number of carbonyl (C=O) groups excluding carboxylic acids is 1. The Hall–Kier alpha value is -1.30. The largest absolute Gasteiger partial charge is 0.481 e. The maximum Gasteiger partial charge on any atom is 0.318 e. The third-order valence-electron chi connectivity index (χ3n) is 3.40. The molecule has 19 heavy (non-hydrogen) atoms. The van der Waals surface area contributed by atoms with Gasteiger partial charge in [0.1, 0.15) is 0 Å². The van der Waals surface area contributed by atoms with E-state index in [9.17, 15) is 9.59 Å². The molecule has 0 aromatic carbocycles. The molecule has 0 saturated carbocycles. The minimum atomic E-state index is -0.791. The zero-order chi connectivity index (χ0) is 14.5. The fourth-order valence-corrected chi connectivity index (χ4v) is 2.06. The molecule has 2 amide bonds. The van der Waals surface area contributed by atoms with Crippen molar-refractivity contribution in [2.24, 2.45) is 5.92 Å². The Morgan fingerprint density at radius 2 is 2.16 bits per heavy atom. The normalized spacial score (nSPS) is 19.8. The van der Waals surface area contributed by atoms with Crippen molar-refractivity contribution < 1.29 is 19.4 Å². The molecule has 1 fully saturated rings. The summed E-state index contributed by atoms with van der Waals surface area (Å²) in [6, 6.07) is -0.101. The predicted molar refractivity (Wildman–Crippen MR) is 71.0 cm³/mol. The second-order valence-corrected chi connectivity index (χ2v) is 5.63. The summed E-state index contributed by atoms with van der Waals surface area (Å²) in [6.45, 7) is 7.81. The fourth-order valence-electron chi connectivity index (χ4n) is 2.06. The first-order valence-electron chi connectivity index (χ1n) is 6.70. The number of nitrogens with zero attached hydrogens (tertiary/aromatic N) is 1. The number of carboxylic acids is 1. The standard InChI is InChI=1S/C13H24N2O4/c1-10(11(16)17)5-4-6-14-12(18)15-7-8-19-9-13(15,2)3/h10H,4-9H2,1-3H3,(H,14,18)(H,16,17). The van der Waals surface area contributed by atoms with Gasteiger partial charge < -0.3 is 20.1 Å².